The lowest BCUT2D eigenvalue weighted by atomic mass is 10.3. The van der Waals surface area contributed by atoms with Crippen molar-refractivity contribution in [2.75, 3.05) is 13.2 Å². The fraction of sp³-hybridized carbons (Fsp3) is 0.222. The first-order valence-electron chi connectivity index (χ1n) is 7.70. The number of hydrogen-bond acceptors (Lipinski definition) is 5. The van der Waals surface area contributed by atoms with Gasteiger partial charge in [-0.1, -0.05) is 18.2 Å². The van der Waals surface area contributed by atoms with Gasteiger partial charge in [0.15, 0.2) is 0 Å². The zero-order chi connectivity index (χ0) is 16.8. The molecule has 1 amide bonds. The predicted molar refractivity (Wildman–Crippen MR) is 99.1 cm³/mol. The molecule has 0 atom stereocenters. The third-order valence-electron chi connectivity index (χ3n) is 3.39. The number of nitrogens with zero attached hydrogens (tertiary/aromatic N) is 1. The number of amides is 1. The van der Waals surface area contributed by atoms with Gasteiger partial charge < -0.3 is 10.1 Å². The number of ether oxygens (including phenoxy) is 1. The summed E-state index contributed by atoms with van der Waals surface area (Å²) in [7, 11) is 0. The van der Waals surface area contributed by atoms with Crippen LogP contribution in [0.5, 0.6) is 5.75 Å². The lowest BCUT2D eigenvalue weighted by Gasteiger charge is -2.06. The van der Waals surface area contributed by atoms with Crippen molar-refractivity contribution in [2.24, 2.45) is 0 Å². The summed E-state index contributed by atoms with van der Waals surface area (Å²) in [5.74, 6) is 0.786. The largest absolute Gasteiger partial charge is 0.494 e. The molecule has 0 radical (unpaired) electrons. The van der Waals surface area contributed by atoms with E-state index in [2.05, 4.69) is 10.3 Å². The number of rotatable bonds is 7. The quantitative estimate of drug-likeness (QED) is 0.638. The SMILES string of the molecule is Cc1nc(-c2ccsc2)sc1C(=O)NCCCOc1ccccc1. The van der Waals surface area contributed by atoms with Crippen LogP contribution in [0.3, 0.4) is 0 Å². The number of aromatic nitrogens is 1. The second-order valence-corrected chi connectivity index (χ2v) is 7.00. The number of carbonyl (C=O) groups excluding carboxylic acids is 1. The first-order chi connectivity index (χ1) is 11.7. The van der Waals surface area contributed by atoms with E-state index in [9.17, 15) is 4.79 Å². The Kier molecular flexibility index (Phi) is 5.61. The van der Waals surface area contributed by atoms with E-state index in [0.29, 0.717) is 18.0 Å². The zero-order valence-corrected chi connectivity index (χ0v) is 15.0. The molecule has 0 spiro atoms. The summed E-state index contributed by atoms with van der Waals surface area (Å²) in [5.41, 5.74) is 1.85. The summed E-state index contributed by atoms with van der Waals surface area (Å²) in [6.07, 6.45) is 0.760. The van der Waals surface area contributed by atoms with E-state index in [1.165, 1.54) is 11.3 Å². The highest BCUT2D eigenvalue weighted by Crippen LogP contribution is 2.29. The molecule has 6 heteroatoms. The monoisotopic (exact) mass is 358 g/mol. The van der Waals surface area contributed by atoms with Crippen LogP contribution in [0, 0.1) is 6.92 Å². The summed E-state index contributed by atoms with van der Waals surface area (Å²) in [6, 6.07) is 11.7. The lowest BCUT2D eigenvalue weighted by molar-refractivity contribution is 0.0955. The second-order valence-electron chi connectivity index (χ2n) is 5.22. The smallest absolute Gasteiger partial charge is 0.263 e. The molecule has 124 valence electrons. The van der Waals surface area contributed by atoms with E-state index >= 15 is 0 Å². The molecule has 3 aromatic rings. The highest BCUT2D eigenvalue weighted by molar-refractivity contribution is 7.17. The van der Waals surface area contributed by atoms with E-state index in [4.69, 9.17) is 4.74 Å². The van der Waals surface area contributed by atoms with Crippen LogP contribution in [0.1, 0.15) is 21.8 Å². The fourth-order valence-corrected chi connectivity index (χ4v) is 3.87. The molecule has 24 heavy (non-hydrogen) atoms. The van der Waals surface area contributed by atoms with Crippen LogP contribution >= 0.6 is 22.7 Å². The summed E-state index contributed by atoms with van der Waals surface area (Å²) >= 11 is 3.07. The Morgan fingerprint density at radius 3 is 2.83 bits per heavy atom. The van der Waals surface area contributed by atoms with Crippen LogP contribution in [0.2, 0.25) is 0 Å². The number of hydrogen-bond donors (Lipinski definition) is 1. The van der Waals surface area contributed by atoms with Gasteiger partial charge in [0.1, 0.15) is 15.6 Å². The Balaban J connectivity index is 1.47. The van der Waals surface area contributed by atoms with Gasteiger partial charge in [0.2, 0.25) is 0 Å². The van der Waals surface area contributed by atoms with Crippen molar-refractivity contribution in [1.29, 1.82) is 0 Å². The Bertz CT molecular complexity index is 783. The van der Waals surface area contributed by atoms with E-state index in [0.717, 1.165) is 28.4 Å². The maximum absolute atomic E-state index is 12.3. The molecule has 0 aliphatic carbocycles. The molecule has 2 aromatic heterocycles. The van der Waals surface area contributed by atoms with Crippen molar-refractivity contribution in [2.45, 2.75) is 13.3 Å². The van der Waals surface area contributed by atoms with Gasteiger partial charge in [-0.15, -0.1) is 11.3 Å². The second kappa shape index (κ2) is 8.08. The first-order valence-corrected chi connectivity index (χ1v) is 9.46. The van der Waals surface area contributed by atoms with Crippen LogP contribution in [-0.4, -0.2) is 24.0 Å². The van der Waals surface area contributed by atoms with E-state index in [1.54, 1.807) is 11.3 Å². The molecule has 3 rings (SSSR count). The highest BCUT2D eigenvalue weighted by Gasteiger charge is 2.15. The van der Waals surface area contributed by atoms with Gasteiger partial charge >= 0.3 is 0 Å². The van der Waals surface area contributed by atoms with Crippen LogP contribution in [0.4, 0.5) is 0 Å². The third kappa shape index (κ3) is 4.21. The van der Waals surface area contributed by atoms with Gasteiger partial charge in [0, 0.05) is 17.5 Å². The Morgan fingerprint density at radius 2 is 2.08 bits per heavy atom. The average Bonchev–Trinajstić information content (AvgIpc) is 3.24. The molecule has 0 fully saturated rings. The molecule has 0 bridgehead atoms. The third-order valence-corrected chi connectivity index (χ3v) is 5.28. The van der Waals surface area contributed by atoms with Gasteiger partial charge in [-0.25, -0.2) is 4.98 Å². The normalized spacial score (nSPS) is 10.5. The highest BCUT2D eigenvalue weighted by atomic mass is 32.1. The van der Waals surface area contributed by atoms with Gasteiger partial charge in [0.25, 0.3) is 5.91 Å². The average molecular weight is 358 g/mol. The molecule has 0 saturated carbocycles. The van der Waals surface area contributed by atoms with Crippen molar-refractivity contribution >= 4 is 28.6 Å². The summed E-state index contributed by atoms with van der Waals surface area (Å²) in [4.78, 5) is 17.5. The molecule has 4 nitrogen and oxygen atoms in total. The molecule has 1 aromatic carbocycles. The van der Waals surface area contributed by atoms with Gasteiger partial charge in [-0.2, -0.15) is 11.3 Å². The van der Waals surface area contributed by atoms with E-state index < -0.39 is 0 Å². The van der Waals surface area contributed by atoms with E-state index in [1.807, 2.05) is 54.1 Å². The first kappa shape index (κ1) is 16.7. The maximum atomic E-state index is 12.3. The molecular formula is C18H18N2O2S2. The van der Waals surface area contributed by atoms with Crippen LogP contribution < -0.4 is 10.1 Å². The van der Waals surface area contributed by atoms with Crippen molar-refractivity contribution in [3.05, 3.63) is 57.7 Å². The topological polar surface area (TPSA) is 51.2 Å². The van der Waals surface area contributed by atoms with Crippen LogP contribution in [0.25, 0.3) is 10.6 Å². The van der Waals surface area contributed by atoms with Gasteiger partial charge in [-0.3, -0.25) is 4.79 Å². The van der Waals surface area contributed by atoms with Gasteiger partial charge in [-0.05, 0) is 36.9 Å². The lowest BCUT2D eigenvalue weighted by Crippen LogP contribution is -2.25. The molecule has 0 aliphatic heterocycles. The molecule has 0 unspecified atom stereocenters. The minimum absolute atomic E-state index is 0.0637. The minimum atomic E-state index is -0.0637. The number of nitrogens with one attached hydrogen (secondary N) is 1. The van der Waals surface area contributed by atoms with Crippen molar-refractivity contribution in [3.63, 3.8) is 0 Å². The van der Waals surface area contributed by atoms with Crippen molar-refractivity contribution < 1.29 is 9.53 Å². The molecule has 1 N–H and O–H groups in total. The predicted octanol–water partition coefficient (Wildman–Crippen LogP) is 4.38. The molecule has 2 heterocycles. The Hall–Kier alpha value is -2.18. The Morgan fingerprint density at radius 1 is 1.25 bits per heavy atom. The molecule has 0 saturated heterocycles. The van der Waals surface area contributed by atoms with Crippen molar-refractivity contribution in [3.8, 4) is 16.3 Å². The van der Waals surface area contributed by atoms with Crippen LogP contribution in [-0.2, 0) is 0 Å². The zero-order valence-electron chi connectivity index (χ0n) is 13.3. The molecular weight excluding hydrogens is 340 g/mol. The van der Waals surface area contributed by atoms with Crippen LogP contribution in [0.15, 0.2) is 47.2 Å². The van der Waals surface area contributed by atoms with Gasteiger partial charge in [0.05, 0.1) is 12.3 Å². The number of carbonyl (C=O) groups is 1. The fourth-order valence-electron chi connectivity index (χ4n) is 2.18. The number of para-hydroxylation sites is 1. The maximum Gasteiger partial charge on any atom is 0.263 e. The summed E-state index contributed by atoms with van der Waals surface area (Å²) in [6.45, 7) is 3.03. The van der Waals surface area contributed by atoms with E-state index in [-0.39, 0.29) is 5.91 Å². The van der Waals surface area contributed by atoms with Crippen molar-refractivity contribution in [1.82, 2.24) is 10.3 Å². The molecule has 0 aliphatic rings. The standard InChI is InChI=1S/C18H18N2O2S2/c1-13-16(24-18(20-13)14-8-11-23-12-14)17(21)19-9-5-10-22-15-6-3-2-4-7-15/h2-4,6-8,11-12H,5,9-10H2,1H3,(H,19,21). The number of aryl methyl sites for hydroxylation is 1. The Labute approximate surface area is 149 Å². The number of thiophene rings is 1. The minimum Gasteiger partial charge on any atom is -0.494 e. The number of thiazole rings is 1. The number of benzene rings is 1. The summed E-state index contributed by atoms with van der Waals surface area (Å²) < 4.78 is 5.61. The summed E-state index contributed by atoms with van der Waals surface area (Å²) in [5, 5.41) is 7.89.